The molecule has 1 aliphatic heterocycles. The van der Waals surface area contributed by atoms with E-state index in [0.29, 0.717) is 6.42 Å². The summed E-state index contributed by atoms with van der Waals surface area (Å²) in [5, 5.41) is 4.01. The van der Waals surface area contributed by atoms with Crippen molar-refractivity contribution in [2.24, 2.45) is 0 Å². The summed E-state index contributed by atoms with van der Waals surface area (Å²) >= 11 is 5.79. The predicted molar refractivity (Wildman–Crippen MR) is 60.9 cm³/mol. The Labute approximate surface area is 94.0 Å². The molecule has 0 saturated carbocycles. The maximum Gasteiger partial charge on any atom is 0.224 e. The fourth-order valence-corrected chi connectivity index (χ4v) is 1.84. The molecule has 0 radical (unpaired) electrons. The van der Waals surface area contributed by atoms with Crippen molar-refractivity contribution < 1.29 is 4.79 Å². The van der Waals surface area contributed by atoms with E-state index in [0.717, 1.165) is 17.1 Å². The number of rotatable bonds is 2. The highest BCUT2D eigenvalue weighted by atomic mass is 35.5. The number of likely N-dealkylation sites (tertiary alicyclic amines) is 1. The van der Waals surface area contributed by atoms with E-state index < -0.39 is 0 Å². The van der Waals surface area contributed by atoms with Crippen LogP contribution in [-0.2, 0) is 4.79 Å². The van der Waals surface area contributed by atoms with Gasteiger partial charge in [0.1, 0.15) is 6.17 Å². The Balaban J connectivity index is 2.03. The number of amides is 1. The summed E-state index contributed by atoms with van der Waals surface area (Å²) in [7, 11) is 1.82. The van der Waals surface area contributed by atoms with Gasteiger partial charge in [0.05, 0.1) is 0 Å². The third kappa shape index (κ3) is 2.23. The molecule has 0 bridgehead atoms. The highest BCUT2D eigenvalue weighted by Gasteiger charge is 2.26. The van der Waals surface area contributed by atoms with Crippen molar-refractivity contribution in [2.45, 2.75) is 19.0 Å². The van der Waals surface area contributed by atoms with Crippen molar-refractivity contribution >= 4 is 23.2 Å². The SMILES string of the molecule is CN1C(=O)CCC1Nc1ccc(Cl)cc1. The molecule has 1 fully saturated rings. The van der Waals surface area contributed by atoms with Crippen LogP contribution >= 0.6 is 11.6 Å². The number of carbonyl (C=O) groups excluding carboxylic acids is 1. The minimum Gasteiger partial charge on any atom is -0.365 e. The molecule has 2 rings (SSSR count). The van der Waals surface area contributed by atoms with Crippen LogP contribution in [0, 0.1) is 0 Å². The largest absolute Gasteiger partial charge is 0.365 e. The summed E-state index contributed by atoms with van der Waals surface area (Å²) < 4.78 is 0. The Kier molecular flexibility index (Phi) is 2.82. The summed E-state index contributed by atoms with van der Waals surface area (Å²) in [6.45, 7) is 0. The average molecular weight is 225 g/mol. The number of carbonyl (C=O) groups is 1. The fraction of sp³-hybridized carbons (Fsp3) is 0.364. The lowest BCUT2D eigenvalue weighted by Gasteiger charge is -2.22. The Morgan fingerprint density at radius 3 is 2.60 bits per heavy atom. The van der Waals surface area contributed by atoms with Gasteiger partial charge >= 0.3 is 0 Å². The van der Waals surface area contributed by atoms with E-state index >= 15 is 0 Å². The summed E-state index contributed by atoms with van der Waals surface area (Å²) in [4.78, 5) is 13.0. The normalized spacial score (nSPS) is 20.8. The van der Waals surface area contributed by atoms with Crippen molar-refractivity contribution in [3.63, 3.8) is 0 Å². The number of benzene rings is 1. The maximum absolute atomic E-state index is 11.3. The molecule has 15 heavy (non-hydrogen) atoms. The lowest BCUT2D eigenvalue weighted by atomic mass is 10.3. The standard InChI is InChI=1S/C11H13ClN2O/c1-14-10(6-7-11(14)15)13-9-4-2-8(12)3-5-9/h2-5,10,13H,6-7H2,1H3. The molecule has 1 aliphatic rings. The number of anilines is 1. The Bertz CT molecular complexity index is 363. The third-order valence-corrected chi connectivity index (χ3v) is 2.92. The van der Waals surface area contributed by atoms with E-state index in [9.17, 15) is 4.79 Å². The van der Waals surface area contributed by atoms with E-state index in [-0.39, 0.29) is 12.1 Å². The lowest BCUT2D eigenvalue weighted by molar-refractivity contribution is -0.127. The summed E-state index contributed by atoms with van der Waals surface area (Å²) in [5.74, 6) is 0.196. The zero-order valence-corrected chi connectivity index (χ0v) is 9.29. The van der Waals surface area contributed by atoms with E-state index in [4.69, 9.17) is 11.6 Å². The Hall–Kier alpha value is -1.22. The van der Waals surface area contributed by atoms with Crippen LogP contribution in [0.15, 0.2) is 24.3 Å². The predicted octanol–water partition coefficient (Wildman–Crippen LogP) is 2.33. The molecule has 1 amide bonds. The molecule has 0 aliphatic carbocycles. The number of nitrogens with zero attached hydrogens (tertiary/aromatic N) is 1. The minimum atomic E-state index is 0.110. The molecule has 1 atom stereocenters. The van der Waals surface area contributed by atoms with Crippen LogP contribution in [0.1, 0.15) is 12.8 Å². The smallest absolute Gasteiger partial charge is 0.224 e. The topological polar surface area (TPSA) is 32.3 Å². The van der Waals surface area contributed by atoms with Crippen LogP contribution in [0.5, 0.6) is 0 Å². The molecule has 1 aromatic carbocycles. The van der Waals surface area contributed by atoms with E-state index in [2.05, 4.69) is 5.32 Å². The zero-order chi connectivity index (χ0) is 10.8. The van der Waals surface area contributed by atoms with Crippen LogP contribution in [0.25, 0.3) is 0 Å². The zero-order valence-electron chi connectivity index (χ0n) is 8.53. The monoisotopic (exact) mass is 224 g/mol. The van der Waals surface area contributed by atoms with Gasteiger partial charge in [0.15, 0.2) is 0 Å². The van der Waals surface area contributed by atoms with Crippen LogP contribution in [0.4, 0.5) is 5.69 Å². The van der Waals surface area contributed by atoms with Gasteiger partial charge in [-0.2, -0.15) is 0 Å². The van der Waals surface area contributed by atoms with E-state index in [1.165, 1.54) is 0 Å². The van der Waals surface area contributed by atoms with Gasteiger partial charge in [-0.15, -0.1) is 0 Å². The van der Waals surface area contributed by atoms with Gasteiger partial charge in [-0.1, -0.05) is 11.6 Å². The molecule has 1 N–H and O–H groups in total. The van der Waals surface area contributed by atoms with Crippen molar-refractivity contribution in [3.05, 3.63) is 29.3 Å². The first kappa shape index (κ1) is 10.3. The first-order valence-electron chi connectivity index (χ1n) is 4.94. The molecule has 4 heteroatoms. The molecular formula is C11H13ClN2O. The van der Waals surface area contributed by atoms with Crippen molar-refractivity contribution in [2.75, 3.05) is 12.4 Å². The van der Waals surface area contributed by atoms with E-state index in [1.807, 2.05) is 31.3 Å². The summed E-state index contributed by atoms with van der Waals surface area (Å²) in [6, 6.07) is 7.50. The number of halogens is 1. The van der Waals surface area contributed by atoms with Gasteiger partial charge in [-0.3, -0.25) is 4.79 Å². The second-order valence-corrected chi connectivity index (χ2v) is 4.15. The van der Waals surface area contributed by atoms with Crippen LogP contribution < -0.4 is 5.32 Å². The highest BCUT2D eigenvalue weighted by Crippen LogP contribution is 2.20. The van der Waals surface area contributed by atoms with Crippen LogP contribution in [0.3, 0.4) is 0 Å². The molecule has 3 nitrogen and oxygen atoms in total. The Morgan fingerprint density at radius 1 is 1.40 bits per heavy atom. The van der Waals surface area contributed by atoms with Gasteiger partial charge in [-0.05, 0) is 30.7 Å². The lowest BCUT2D eigenvalue weighted by Crippen LogP contribution is -2.34. The molecule has 1 heterocycles. The molecule has 1 aromatic rings. The van der Waals surface area contributed by atoms with Crippen molar-refractivity contribution in [1.82, 2.24) is 4.90 Å². The van der Waals surface area contributed by atoms with Crippen molar-refractivity contribution in [1.29, 1.82) is 0 Å². The van der Waals surface area contributed by atoms with Crippen LogP contribution in [0.2, 0.25) is 5.02 Å². The Morgan fingerprint density at radius 2 is 2.07 bits per heavy atom. The molecule has 80 valence electrons. The number of nitrogens with one attached hydrogen (secondary N) is 1. The first-order chi connectivity index (χ1) is 7.16. The minimum absolute atomic E-state index is 0.110. The first-order valence-corrected chi connectivity index (χ1v) is 5.32. The van der Waals surface area contributed by atoms with Crippen LogP contribution in [-0.4, -0.2) is 24.0 Å². The highest BCUT2D eigenvalue weighted by molar-refractivity contribution is 6.30. The van der Waals surface area contributed by atoms with Gasteiger partial charge < -0.3 is 10.2 Å². The average Bonchev–Trinajstić information content (AvgIpc) is 2.53. The van der Waals surface area contributed by atoms with Gasteiger partial charge in [0, 0.05) is 24.2 Å². The molecular weight excluding hydrogens is 212 g/mol. The summed E-state index contributed by atoms with van der Waals surface area (Å²) in [5.41, 5.74) is 0.992. The molecule has 0 aromatic heterocycles. The maximum atomic E-state index is 11.3. The van der Waals surface area contributed by atoms with Crippen molar-refractivity contribution in [3.8, 4) is 0 Å². The quantitative estimate of drug-likeness (QED) is 0.836. The molecule has 0 spiro atoms. The molecule has 1 saturated heterocycles. The second kappa shape index (κ2) is 4.11. The van der Waals surface area contributed by atoms with Gasteiger partial charge in [0.25, 0.3) is 0 Å². The van der Waals surface area contributed by atoms with Gasteiger partial charge in [0.2, 0.25) is 5.91 Å². The van der Waals surface area contributed by atoms with E-state index in [1.54, 1.807) is 4.90 Å². The fourth-order valence-electron chi connectivity index (χ4n) is 1.71. The third-order valence-electron chi connectivity index (χ3n) is 2.67. The number of hydrogen-bond acceptors (Lipinski definition) is 2. The molecule has 1 unspecified atom stereocenters. The number of hydrogen-bond donors (Lipinski definition) is 1. The summed E-state index contributed by atoms with van der Waals surface area (Å²) in [6.07, 6.45) is 1.60. The second-order valence-electron chi connectivity index (χ2n) is 3.71. The van der Waals surface area contributed by atoms with Gasteiger partial charge in [-0.25, -0.2) is 0 Å².